The quantitative estimate of drug-likeness (QED) is 0.348. The summed E-state index contributed by atoms with van der Waals surface area (Å²) in [5.74, 6) is 0.299. The number of fused-ring (bicyclic) bond motifs is 1. The van der Waals surface area contributed by atoms with Gasteiger partial charge in [0.05, 0.1) is 43.6 Å². The fourth-order valence-electron chi connectivity index (χ4n) is 3.83. The zero-order valence-corrected chi connectivity index (χ0v) is 19.0. The number of carbonyl (C=O) groups excluding carboxylic acids is 1. The van der Waals surface area contributed by atoms with Crippen molar-refractivity contribution >= 4 is 21.7 Å². The number of nitrogens with zero attached hydrogens (tertiary/aromatic N) is 2. The molecule has 1 aliphatic heterocycles. The van der Waals surface area contributed by atoms with Crippen LogP contribution in [0.4, 0.5) is 5.69 Å². The van der Waals surface area contributed by atoms with Crippen LogP contribution in [0.3, 0.4) is 0 Å². The molecule has 1 heterocycles. The number of rotatable bonds is 7. The van der Waals surface area contributed by atoms with Gasteiger partial charge in [-0.1, -0.05) is 6.07 Å². The number of aryl methyl sites for hydroxylation is 1. The van der Waals surface area contributed by atoms with Crippen molar-refractivity contribution in [3.05, 3.63) is 57.1 Å². The third-order valence-electron chi connectivity index (χ3n) is 5.53. The van der Waals surface area contributed by atoms with E-state index in [-0.39, 0.29) is 23.5 Å². The molecule has 0 radical (unpaired) electrons. The fourth-order valence-corrected chi connectivity index (χ4v) is 5.45. The van der Waals surface area contributed by atoms with Gasteiger partial charge in [0.25, 0.3) is 5.69 Å². The summed E-state index contributed by atoms with van der Waals surface area (Å²) in [5, 5.41) is 11.3. The molecule has 10 nitrogen and oxygen atoms in total. The number of hydrogen-bond donors (Lipinski definition) is 0. The van der Waals surface area contributed by atoms with Crippen molar-refractivity contribution in [1.82, 2.24) is 4.31 Å². The smallest absolute Gasteiger partial charge is 0.307 e. The first-order valence-corrected chi connectivity index (χ1v) is 11.2. The van der Waals surface area contributed by atoms with Gasteiger partial charge >= 0.3 is 5.97 Å². The predicted molar refractivity (Wildman–Crippen MR) is 114 cm³/mol. The van der Waals surface area contributed by atoms with E-state index in [0.29, 0.717) is 29.0 Å². The van der Waals surface area contributed by atoms with E-state index in [9.17, 15) is 23.3 Å². The minimum absolute atomic E-state index is 0.0775. The van der Waals surface area contributed by atoms with Crippen molar-refractivity contribution in [3.8, 4) is 11.5 Å². The monoisotopic (exact) mass is 464 g/mol. The second kappa shape index (κ2) is 9.13. The molecule has 0 N–H and O–H groups in total. The Labute approximate surface area is 185 Å². The molecule has 0 aromatic heterocycles. The molecule has 32 heavy (non-hydrogen) atoms. The van der Waals surface area contributed by atoms with Gasteiger partial charge in [-0.25, -0.2) is 8.42 Å². The first-order chi connectivity index (χ1) is 15.1. The highest BCUT2D eigenvalue weighted by atomic mass is 32.2. The van der Waals surface area contributed by atoms with E-state index in [1.165, 1.54) is 44.7 Å². The van der Waals surface area contributed by atoms with Crippen LogP contribution in [-0.2, 0) is 26.0 Å². The van der Waals surface area contributed by atoms with Crippen molar-refractivity contribution in [2.75, 3.05) is 27.9 Å². The van der Waals surface area contributed by atoms with Crippen LogP contribution in [0.5, 0.6) is 11.5 Å². The number of nitro benzene ring substituents is 1. The topological polar surface area (TPSA) is 125 Å². The molecule has 0 amide bonds. The molecule has 0 saturated carbocycles. The van der Waals surface area contributed by atoms with Crippen LogP contribution in [0.15, 0.2) is 35.2 Å². The van der Waals surface area contributed by atoms with Crippen LogP contribution in [0.2, 0.25) is 0 Å². The van der Waals surface area contributed by atoms with E-state index in [1.54, 1.807) is 12.1 Å². The van der Waals surface area contributed by atoms with Crippen LogP contribution >= 0.6 is 0 Å². The Hall–Kier alpha value is -3.18. The predicted octanol–water partition coefficient (Wildman–Crippen LogP) is 2.77. The number of carbonyl (C=O) groups is 1. The fraction of sp³-hybridized carbons (Fsp3) is 0.381. The summed E-state index contributed by atoms with van der Waals surface area (Å²) in [6.45, 7) is 1.61. The maximum Gasteiger partial charge on any atom is 0.307 e. The molecule has 11 heteroatoms. The Morgan fingerprint density at radius 1 is 1.16 bits per heavy atom. The van der Waals surface area contributed by atoms with E-state index in [2.05, 4.69) is 0 Å². The Morgan fingerprint density at radius 2 is 1.81 bits per heavy atom. The highest BCUT2D eigenvalue weighted by Gasteiger charge is 2.39. The Balaban J connectivity index is 2.14. The van der Waals surface area contributed by atoms with Crippen LogP contribution in [0, 0.1) is 17.0 Å². The third-order valence-corrected chi connectivity index (χ3v) is 7.43. The molecular formula is C21H24N2O8S. The van der Waals surface area contributed by atoms with Crippen molar-refractivity contribution in [2.45, 2.75) is 30.7 Å². The molecule has 2 aromatic rings. The Kier molecular flexibility index (Phi) is 6.70. The minimum Gasteiger partial charge on any atom is -0.493 e. The first-order valence-electron chi connectivity index (χ1n) is 9.72. The van der Waals surface area contributed by atoms with Crippen molar-refractivity contribution in [3.63, 3.8) is 0 Å². The van der Waals surface area contributed by atoms with Crippen molar-refractivity contribution in [2.24, 2.45) is 0 Å². The second-order valence-corrected chi connectivity index (χ2v) is 9.16. The Bertz CT molecular complexity index is 1160. The number of benzene rings is 2. The summed E-state index contributed by atoms with van der Waals surface area (Å²) in [4.78, 5) is 22.7. The van der Waals surface area contributed by atoms with E-state index in [1.807, 2.05) is 0 Å². The van der Waals surface area contributed by atoms with Crippen LogP contribution in [-0.4, -0.2) is 51.5 Å². The number of methoxy groups -OCH3 is 3. The second-order valence-electron chi connectivity index (χ2n) is 7.27. The minimum atomic E-state index is -4.17. The van der Waals surface area contributed by atoms with Crippen LogP contribution in [0.1, 0.15) is 29.2 Å². The van der Waals surface area contributed by atoms with Gasteiger partial charge in [0.1, 0.15) is 0 Å². The molecule has 0 aliphatic carbocycles. The maximum atomic E-state index is 13.5. The molecular weight excluding hydrogens is 440 g/mol. The lowest BCUT2D eigenvalue weighted by atomic mass is 9.91. The molecule has 0 fully saturated rings. The van der Waals surface area contributed by atoms with Gasteiger partial charge in [-0.15, -0.1) is 0 Å². The third kappa shape index (κ3) is 4.26. The van der Waals surface area contributed by atoms with Gasteiger partial charge < -0.3 is 14.2 Å². The van der Waals surface area contributed by atoms with Gasteiger partial charge in [0.15, 0.2) is 11.5 Å². The van der Waals surface area contributed by atoms with Crippen LogP contribution in [0.25, 0.3) is 0 Å². The lowest BCUT2D eigenvalue weighted by molar-refractivity contribution is -0.385. The molecule has 1 aliphatic rings. The molecule has 0 saturated heterocycles. The maximum absolute atomic E-state index is 13.5. The van der Waals surface area contributed by atoms with Gasteiger partial charge in [0.2, 0.25) is 10.0 Å². The molecule has 1 atom stereocenters. The van der Waals surface area contributed by atoms with E-state index >= 15 is 0 Å². The lowest BCUT2D eigenvalue weighted by Gasteiger charge is -2.36. The number of ether oxygens (including phenoxy) is 3. The summed E-state index contributed by atoms with van der Waals surface area (Å²) in [6, 6.07) is 6.31. The summed E-state index contributed by atoms with van der Waals surface area (Å²) in [7, 11) is 0.0190. The van der Waals surface area contributed by atoms with Crippen LogP contribution < -0.4 is 9.47 Å². The van der Waals surface area contributed by atoms with Crippen molar-refractivity contribution < 1.29 is 32.3 Å². The van der Waals surface area contributed by atoms with E-state index in [0.717, 1.165) is 11.6 Å². The normalized spacial score (nSPS) is 16.2. The van der Waals surface area contributed by atoms with Gasteiger partial charge in [-0.3, -0.25) is 14.9 Å². The lowest BCUT2D eigenvalue weighted by Crippen LogP contribution is -2.41. The average Bonchev–Trinajstić information content (AvgIpc) is 2.77. The summed E-state index contributed by atoms with van der Waals surface area (Å²) < 4.78 is 43.8. The summed E-state index contributed by atoms with van der Waals surface area (Å²) >= 11 is 0. The summed E-state index contributed by atoms with van der Waals surface area (Å²) in [6.07, 6.45) is 0.132. The zero-order chi connectivity index (χ0) is 23.6. The van der Waals surface area contributed by atoms with Crippen molar-refractivity contribution in [1.29, 1.82) is 0 Å². The molecule has 1 unspecified atom stereocenters. The number of esters is 1. The highest BCUT2D eigenvalue weighted by Crippen LogP contribution is 2.42. The average molecular weight is 464 g/mol. The first kappa shape index (κ1) is 23.5. The highest BCUT2D eigenvalue weighted by molar-refractivity contribution is 7.89. The molecule has 3 rings (SSSR count). The standard InChI is InChI=1S/C21H24N2O8S/c1-13-5-6-15(10-17(13)23(25)26)32(27,28)22-8-7-14-9-19(29-2)20(30-3)11-16(14)18(22)12-21(24)31-4/h5-6,9-11,18H,7-8,12H2,1-4H3. The number of hydrogen-bond acceptors (Lipinski definition) is 8. The van der Waals surface area contributed by atoms with Gasteiger partial charge in [-0.05, 0) is 42.7 Å². The summed E-state index contributed by atoms with van der Waals surface area (Å²) in [5.41, 5.74) is 1.46. The van der Waals surface area contributed by atoms with E-state index < -0.39 is 27.0 Å². The number of nitro groups is 1. The molecule has 172 valence electrons. The molecule has 0 bridgehead atoms. The zero-order valence-electron chi connectivity index (χ0n) is 18.2. The molecule has 0 spiro atoms. The van der Waals surface area contributed by atoms with E-state index in [4.69, 9.17) is 14.2 Å². The SMILES string of the molecule is COC(=O)CC1c2cc(OC)c(OC)cc2CCN1S(=O)(=O)c1ccc(C)c([N+](=O)[O-])c1. The van der Waals surface area contributed by atoms with Gasteiger partial charge in [-0.2, -0.15) is 4.31 Å². The molecule has 2 aromatic carbocycles. The van der Waals surface area contributed by atoms with Gasteiger partial charge in [0, 0.05) is 18.2 Å². The Morgan fingerprint density at radius 3 is 2.41 bits per heavy atom. The largest absolute Gasteiger partial charge is 0.493 e. The number of sulfonamides is 1.